The summed E-state index contributed by atoms with van der Waals surface area (Å²) in [5.41, 5.74) is 4.55. The van der Waals surface area contributed by atoms with Crippen LogP contribution < -0.4 is 5.32 Å². The van der Waals surface area contributed by atoms with Gasteiger partial charge in [0.2, 0.25) is 0 Å². The Labute approximate surface area is 282 Å². The molecule has 0 saturated heterocycles. The second-order valence-electron chi connectivity index (χ2n) is 12.4. The molecule has 47 heavy (non-hydrogen) atoms. The molecule has 1 aliphatic rings. The predicted molar refractivity (Wildman–Crippen MR) is 184 cm³/mol. The van der Waals surface area contributed by atoms with E-state index in [1.807, 2.05) is 45.9 Å². The number of halogens is 2. The monoisotopic (exact) mass is 685 g/mol. The molecule has 3 aromatic carbocycles. The Morgan fingerprint density at radius 2 is 1.62 bits per heavy atom. The Balaban J connectivity index is 1.59. The molecule has 1 aliphatic heterocycles. The number of aliphatic hydroxyl groups is 1. The van der Waals surface area contributed by atoms with Gasteiger partial charge in [0.1, 0.15) is 5.82 Å². The summed E-state index contributed by atoms with van der Waals surface area (Å²) in [4.78, 5) is 30.7. The number of aryl methyl sites for hydroxylation is 2. The van der Waals surface area contributed by atoms with Crippen molar-refractivity contribution in [3.8, 4) is 0 Å². The fourth-order valence-corrected chi connectivity index (χ4v) is 8.02. The second-order valence-corrected chi connectivity index (χ2v) is 14.9. The van der Waals surface area contributed by atoms with Gasteiger partial charge in [0.25, 0.3) is 11.8 Å². The summed E-state index contributed by atoms with van der Waals surface area (Å²) in [6.07, 6.45) is 1.31. The molecule has 0 aliphatic carbocycles. The molecule has 2 N–H and O–H groups in total. The van der Waals surface area contributed by atoms with Gasteiger partial charge in [-0.05, 0) is 90.4 Å². The lowest BCUT2D eigenvalue weighted by molar-refractivity contribution is 0.0600. The summed E-state index contributed by atoms with van der Waals surface area (Å²) < 4.78 is 39.7. The van der Waals surface area contributed by atoms with Crippen LogP contribution >= 0.6 is 11.6 Å². The van der Waals surface area contributed by atoms with E-state index in [0.717, 1.165) is 41.5 Å². The largest absolute Gasteiger partial charge is 0.390 e. The normalized spacial score (nSPS) is 15.9. The zero-order valence-corrected chi connectivity index (χ0v) is 29.1. The molecule has 1 heterocycles. The van der Waals surface area contributed by atoms with E-state index in [0.29, 0.717) is 24.2 Å². The third-order valence-electron chi connectivity index (χ3n) is 8.25. The first-order valence-electron chi connectivity index (χ1n) is 16.2. The number of amides is 2. The average molecular weight is 686 g/mol. The molecule has 11 heteroatoms. The SMILES string of the molecule is CCCN(CCC)C(=O)c1cc(C)cc(C(=O)N(Cc2cc(F)cc(Cl)c2)C[C@@H](O)CNC2CS(=O)(=O)Cc3ccc(CC)cc32)c1. The highest BCUT2D eigenvalue weighted by atomic mass is 35.5. The van der Waals surface area contributed by atoms with Gasteiger partial charge in [0, 0.05) is 54.9 Å². The van der Waals surface area contributed by atoms with Gasteiger partial charge in [-0.2, -0.15) is 0 Å². The molecule has 254 valence electrons. The standard InChI is InChI=1S/C36H45ClFN3O5S/c1-5-10-40(11-6-2)35(43)28-12-24(4)13-29(17-28)36(44)41(20-26-14-30(37)18-31(38)15-26)21-32(42)19-39-34-23-47(45,46)22-27-9-8-25(7-3)16-33(27)34/h8-9,12-18,32,34,39,42H,5-7,10-11,19-23H2,1-4H3/t32-,34?/m0/s1. The average Bonchev–Trinajstić information content (AvgIpc) is 3.01. The Morgan fingerprint density at radius 1 is 0.957 bits per heavy atom. The highest BCUT2D eigenvalue weighted by Crippen LogP contribution is 2.29. The Kier molecular flexibility index (Phi) is 12.6. The Bertz CT molecular complexity index is 1670. The number of aliphatic hydroxyl groups excluding tert-OH is 1. The number of nitrogens with one attached hydrogen (secondary N) is 1. The molecular formula is C36H45ClFN3O5S. The van der Waals surface area contributed by atoms with Crippen LogP contribution in [0.3, 0.4) is 0 Å². The quantitative estimate of drug-likeness (QED) is 0.220. The summed E-state index contributed by atoms with van der Waals surface area (Å²) in [6, 6.07) is 14.3. The first-order valence-corrected chi connectivity index (χ1v) is 18.4. The summed E-state index contributed by atoms with van der Waals surface area (Å²) in [7, 11) is -3.35. The summed E-state index contributed by atoms with van der Waals surface area (Å²) >= 11 is 6.12. The molecule has 0 spiro atoms. The molecule has 1 unspecified atom stereocenters. The van der Waals surface area contributed by atoms with E-state index in [1.54, 1.807) is 29.2 Å². The van der Waals surface area contributed by atoms with Gasteiger partial charge in [-0.1, -0.05) is 50.6 Å². The highest BCUT2D eigenvalue weighted by molar-refractivity contribution is 7.90. The number of fused-ring (bicyclic) bond motifs is 1. The van der Waals surface area contributed by atoms with E-state index < -0.39 is 33.7 Å². The smallest absolute Gasteiger partial charge is 0.254 e. The van der Waals surface area contributed by atoms with Gasteiger partial charge >= 0.3 is 0 Å². The lowest BCUT2D eigenvalue weighted by Crippen LogP contribution is -2.43. The van der Waals surface area contributed by atoms with Gasteiger partial charge in [-0.25, -0.2) is 12.8 Å². The van der Waals surface area contributed by atoms with Crippen LogP contribution in [0.2, 0.25) is 5.02 Å². The third kappa shape index (κ3) is 9.85. The number of sulfone groups is 1. The molecule has 8 nitrogen and oxygen atoms in total. The van der Waals surface area contributed by atoms with Crippen LogP contribution in [0.25, 0.3) is 0 Å². The van der Waals surface area contributed by atoms with Crippen LogP contribution in [0.5, 0.6) is 0 Å². The van der Waals surface area contributed by atoms with Gasteiger partial charge in [-0.3, -0.25) is 9.59 Å². The van der Waals surface area contributed by atoms with Gasteiger partial charge in [-0.15, -0.1) is 0 Å². The molecule has 0 fully saturated rings. The molecule has 0 bridgehead atoms. The van der Waals surface area contributed by atoms with E-state index in [4.69, 9.17) is 11.6 Å². The van der Waals surface area contributed by atoms with Crippen molar-refractivity contribution in [2.45, 2.75) is 71.4 Å². The van der Waals surface area contributed by atoms with Crippen molar-refractivity contribution in [2.24, 2.45) is 0 Å². The minimum absolute atomic E-state index is 0.00418. The highest BCUT2D eigenvalue weighted by Gasteiger charge is 2.31. The van der Waals surface area contributed by atoms with Crippen molar-refractivity contribution in [1.29, 1.82) is 0 Å². The molecule has 0 saturated carbocycles. The second kappa shape index (κ2) is 16.2. The number of hydrogen-bond acceptors (Lipinski definition) is 6. The third-order valence-corrected chi connectivity index (χ3v) is 10.1. The van der Waals surface area contributed by atoms with Crippen LogP contribution in [-0.4, -0.2) is 73.2 Å². The number of rotatable bonds is 14. The minimum Gasteiger partial charge on any atom is -0.390 e. The van der Waals surface area contributed by atoms with Crippen molar-refractivity contribution < 1.29 is 27.5 Å². The van der Waals surface area contributed by atoms with Crippen LogP contribution in [0.1, 0.15) is 88.2 Å². The zero-order valence-electron chi connectivity index (χ0n) is 27.6. The van der Waals surface area contributed by atoms with Crippen LogP contribution in [0, 0.1) is 12.7 Å². The van der Waals surface area contributed by atoms with E-state index in [1.165, 1.54) is 17.0 Å². The fraction of sp³-hybridized carbons (Fsp3) is 0.444. The number of carbonyl (C=O) groups excluding carboxylic acids is 2. The van der Waals surface area contributed by atoms with Crippen molar-refractivity contribution >= 4 is 33.3 Å². The molecular weight excluding hydrogens is 641 g/mol. The molecule has 2 atom stereocenters. The van der Waals surface area contributed by atoms with Crippen molar-refractivity contribution in [3.05, 3.63) is 104 Å². The van der Waals surface area contributed by atoms with E-state index >= 15 is 0 Å². The maximum Gasteiger partial charge on any atom is 0.254 e. The Morgan fingerprint density at radius 3 is 2.23 bits per heavy atom. The maximum atomic E-state index is 14.3. The molecule has 4 rings (SSSR count). The van der Waals surface area contributed by atoms with Gasteiger partial charge in [0.15, 0.2) is 9.84 Å². The Hall–Kier alpha value is -3.31. The molecule has 0 radical (unpaired) electrons. The summed E-state index contributed by atoms with van der Waals surface area (Å²) in [5, 5.41) is 14.6. The van der Waals surface area contributed by atoms with Crippen LogP contribution in [0.15, 0.2) is 54.6 Å². The van der Waals surface area contributed by atoms with E-state index in [9.17, 15) is 27.5 Å². The van der Waals surface area contributed by atoms with Gasteiger partial charge < -0.3 is 20.2 Å². The zero-order chi connectivity index (χ0) is 34.3. The lowest BCUT2D eigenvalue weighted by Gasteiger charge is -2.30. The number of carbonyl (C=O) groups is 2. The molecule has 2 amide bonds. The maximum absolute atomic E-state index is 14.3. The van der Waals surface area contributed by atoms with Crippen LogP contribution in [-0.2, 0) is 28.6 Å². The lowest BCUT2D eigenvalue weighted by atomic mass is 9.98. The topological polar surface area (TPSA) is 107 Å². The minimum atomic E-state index is -3.35. The number of hydrogen-bond donors (Lipinski definition) is 2. The predicted octanol–water partition coefficient (Wildman–Crippen LogP) is 5.87. The van der Waals surface area contributed by atoms with Crippen LogP contribution in [0.4, 0.5) is 4.39 Å². The first-order chi connectivity index (χ1) is 22.3. The van der Waals surface area contributed by atoms with Gasteiger partial charge in [0.05, 0.1) is 17.6 Å². The number of benzene rings is 3. The number of nitrogens with zero attached hydrogens (tertiary/aromatic N) is 2. The first kappa shape index (κ1) is 36.5. The fourth-order valence-electron chi connectivity index (χ4n) is 6.12. The summed E-state index contributed by atoms with van der Waals surface area (Å²) in [6.45, 7) is 8.86. The summed E-state index contributed by atoms with van der Waals surface area (Å²) in [5.74, 6) is -1.29. The van der Waals surface area contributed by atoms with Crippen molar-refractivity contribution in [3.63, 3.8) is 0 Å². The molecule has 3 aromatic rings. The van der Waals surface area contributed by atoms with Crippen molar-refractivity contribution in [1.82, 2.24) is 15.1 Å². The molecule has 0 aromatic heterocycles. The van der Waals surface area contributed by atoms with E-state index in [-0.39, 0.29) is 47.6 Å². The van der Waals surface area contributed by atoms with Crippen molar-refractivity contribution in [2.75, 3.05) is 31.9 Å². The van der Waals surface area contributed by atoms with E-state index in [2.05, 4.69) is 5.32 Å².